The summed E-state index contributed by atoms with van der Waals surface area (Å²) in [5, 5.41) is 9.93. The molecule has 0 radical (unpaired) electrons. The molecule has 2 aromatic heterocycles. The number of halogens is 2. The number of benzene rings is 1. The van der Waals surface area contributed by atoms with Gasteiger partial charge in [0, 0.05) is 18.2 Å². The van der Waals surface area contributed by atoms with Crippen LogP contribution in [0, 0.1) is 6.92 Å². The maximum atomic E-state index is 11.0. The van der Waals surface area contributed by atoms with E-state index in [0.717, 1.165) is 28.2 Å². The summed E-state index contributed by atoms with van der Waals surface area (Å²) in [6, 6.07) is 9.20. The fourth-order valence-electron chi connectivity index (χ4n) is 2.54. The molecule has 0 aliphatic heterocycles. The van der Waals surface area contributed by atoms with E-state index in [0.29, 0.717) is 16.5 Å². The number of nitrogens with zero attached hydrogens (tertiary/aromatic N) is 2. The molecule has 0 spiro atoms. The fraction of sp³-hybridized carbons (Fsp3) is 0.176. The number of fused-ring (bicyclic) bond motifs is 1. The Balaban J connectivity index is 2.19. The van der Waals surface area contributed by atoms with Gasteiger partial charge < -0.3 is 9.51 Å². The van der Waals surface area contributed by atoms with Crippen molar-refractivity contribution in [1.29, 1.82) is 0 Å². The first-order valence-electron chi connectivity index (χ1n) is 7.10. The topological polar surface area (TPSA) is 54.6 Å². The number of aromatic nitrogens is 2. The lowest BCUT2D eigenvalue weighted by atomic mass is 10.1. The van der Waals surface area contributed by atoms with Crippen molar-refractivity contribution in [3.8, 4) is 11.3 Å². The first kappa shape index (κ1) is 15.8. The highest BCUT2D eigenvalue weighted by Crippen LogP contribution is 2.31. The molecule has 3 aromatic rings. The van der Waals surface area contributed by atoms with Crippen LogP contribution in [0.4, 0.5) is 0 Å². The minimum atomic E-state index is -0.840. The number of carboxylic acids is 1. The highest BCUT2D eigenvalue weighted by molar-refractivity contribution is 6.42. The number of pyridine rings is 1. The Hall–Kier alpha value is -2.04. The molecule has 1 N–H and O–H groups in total. The molecule has 118 valence electrons. The molecule has 3 rings (SSSR count). The molecule has 0 saturated carbocycles. The molecule has 4 nitrogen and oxygen atoms in total. The minimum absolute atomic E-state index is 0.0378. The van der Waals surface area contributed by atoms with Crippen LogP contribution in [0.25, 0.3) is 16.9 Å². The summed E-state index contributed by atoms with van der Waals surface area (Å²) in [4.78, 5) is 15.6. The number of hydrogen-bond acceptors (Lipinski definition) is 2. The van der Waals surface area contributed by atoms with Crippen LogP contribution in [0.15, 0.2) is 36.5 Å². The SMILES string of the molecule is Cc1ccc2nc(-c3ccc(Cl)c(Cl)c3)c(CCC(=O)O)n2c1. The Morgan fingerprint density at radius 3 is 2.70 bits per heavy atom. The monoisotopic (exact) mass is 348 g/mol. The Kier molecular flexibility index (Phi) is 4.28. The molecule has 1 aromatic carbocycles. The molecule has 0 fully saturated rings. The lowest BCUT2D eigenvalue weighted by Crippen LogP contribution is -2.01. The Bertz CT molecular complexity index is 903. The molecule has 2 heterocycles. The number of rotatable bonds is 4. The number of aryl methyl sites for hydroxylation is 2. The third-order valence-corrected chi connectivity index (χ3v) is 4.37. The second-order valence-corrected chi connectivity index (χ2v) is 6.18. The van der Waals surface area contributed by atoms with Crippen molar-refractivity contribution < 1.29 is 9.90 Å². The Morgan fingerprint density at radius 1 is 1.22 bits per heavy atom. The number of carbonyl (C=O) groups is 1. The summed E-state index contributed by atoms with van der Waals surface area (Å²) < 4.78 is 1.94. The molecule has 23 heavy (non-hydrogen) atoms. The Morgan fingerprint density at radius 2 is 2.00 bits per heavy atom. The van der Waals surface area contributed by atoms with Crippen LogP contribution >= 0.6 is 23.2 Å². The van der Waals surface area contributed by atoms with E-state index in [1.807, 2.05) is 35.7 Å². The molecule has 0 saturated heterocycles. The highest BCUT2D eigenvalue weighted by Gasteiger charge is 2.16. The number of imidazole rings is 1. The molecule has 0 bridgehead atoms. The summed E-state index contributed by atoms with van der Waals surface area (Å²) in [7, 11) is 0. The van der Waals surface area contributed by atoms with Crippen LogP contribution in [-0.2, 0) is 11.2 Å². The molecule has 6 heteroatoms. The maximum Gasteiger partial charge on any atom is 0.303 e. The van der Waals surface area contributed by atoms with E-state index < -0.39 is 5.97 Å². The lowest BCUT2D eigenvalue weighted by molar-refractivity contribution is -0.136. The number of aliphatic carboxylic acids is 1. The van der Waals surface area contributed by atoms with Crippen molar-refractivity contribution in [2.45, 2.75) is 19.8 Å². The van der Waals surface area contributed by atoms with Gasteiger partial charge in [-0.2, -0.15) is 0 Å². The maximum absolute atomic E-state index is 11.0. The van der Waals surface area contributed by atoms with E-state index in [2.05, 4.69) is 4.98 Å². The zero-order valence-corrected chi connectivity index (χ0v) is 13.9. The summed E-state index contributed by atoms with van der Waals surface area (Å²) in [6.07, 6.45) is 2.38. The van der Waals surface area contributed by atoms with Crippen LogP contribution in [-0.4, -0.2) is 20.5 Å². The summed E-state index contributed by atoms with van der Waals surface area (Å²) in [5.74, 6) is -0.840. The van der Waals surface area contributed by atoms with Crippen molar-refractivity contribution in [2.24, 2.45) is 0 Å². The summed E-state index contributed by atoms with van der Waals surface area (Å²) >= 11 is 12.1. The molecular weight excluding hydrogens is 335 g/mol. The first-order chi connectivity index (χ1) is 11.0. The van der Waals surface area contributed by atoms with Crippen molar-refractivity contribution in [1.82, 2.24) is 9.38 Å². The predicted molar refractivity (Wildman–Crippen MR) is 91.3 cm³/mol. The van der Waals surface area contributed by atoms with E-state index in [4.69, 9.17) is 28.3 Å². The van der Waals surface area contributed by atoms with E-state index in [-0.39, 0.29) is 6.42 Å². The first-order valence-corrected chi connectivity index (χ1v) is 7.86. The second-order valence-electron chi connectivity index (χ2n) is 5.36. The third kappa shape index (κ3) is 3.19. The predicted octanol–water partition coefficient (Wildman–Crippen LogP) is 4.63. The van der Waals surface area contributed by atoms with Gasteiger partial charge in [0.2, 0.25) is 0 Å². The van der Waals surface area contributed by atoms with E-state index in [9.17, 15) is 4.79 Å². The van der Waals surface area contributed by atoms with E-state index in [1.54, 1.807) is 12.1 Å². The largest absolute Gasteiger partial charge is 0.481 e. The van der Waals surface area contributed by atoms with Crippen molar-refractivity contribution >= 4 is 34.8 Å². The van der Waals surface area contributed by atoms with Gasteiger partial charge in [-0.3, -0.25) is 4.79 Å². The molecule has 0 aliphatic rings. The van der Waals surface area contributed by atoms with Gasteiger partial charge in [-0.25, -0.2) is 4.98 Å². The van der Waals surface area contributed by atoms with E-state index >= 15 is 0 Å². The van der Waals surface area contributed by atoms with Gasteiger partial charge in [0.25, 0.3) is 0 Å². The van der Waals surface area contributed by atoms with Crippen LogP contribution < -0.4 is 0 Å². The van der Waals surface area contributed by atoms with Crippen LogP contribution in [0.3, 0.4) is 0 Å². The quantitative estimate of drug-likeness (QED) is 0.747. The Labute approximate surface area is 143 Å². The molecule has 0 unspecified atom stereocenters. The second kappa shape index (κ2) is 6.22. The van der Waals surface area contributed by atoms with E-state index in [1.165, 1.54) is 0 Å². The third-order valence-electron chi connectivity index (χ3n) is 3.63. The lowest BCUT2D eigenvalue weighted by Gasteiger charge is -2.06. The zero-order chi connectivity index (χ0) is 16.6. The average Bonchev–Trinajstić information content (AvgIpc) is 2.85. The van der Waals surface area contributed by atoms with Crippen LogP contribution in [0.1, 0.15) is 17.7 Å². The molecule has 0 atom stereocenters. The van der Waals surface area contributed by atoms with Gasteiger partial charge in [0.05, 0.1) is 27.9 Å². The van der Waals surface area contributed by atoms with Crippen LogP contribution in [0.5, 0.6) is 0 Å². The van der Waals surface area contributed by atoms with Gasteiger partial charge in [0.1, 0.15) is 5.65 Å². The molecule has 0 amide bonds. The molecule has 0 aliphatic carbocycles. The van der Waals surface area contributed by atoms with Crippen LogP contribution in [0.2, 0.25) is 10.0 Å². The van der Waals surface area contributed by atoms with Crippen molar-refractivity contribution in [3.63, 3.8) is 0 Å². The summed E-state index contributed by atoms with van der Waals surface area (Å²) in [6.45, 7) is 1.99. The number of hydrogen-bond donors (Lipinski definition) is 1. The standard InChI is InChI=1S/C17H14Cl2N2O2/c1-10-2-6-15-20-17(11-3-4-12(18)13(19)8-11)14(21(15)9-10)5-7-16(22)23/h2-4,6,8-9H,5,7H2,1H3,(H,22,23). The normalized spacial score (nSPS) is 11.1. The number of carboxylic acid groups (broad SMARTS) is 1. The highest BCUT2D eigenvalue weighted by atomic mass is 35.5. The fourth-order valence-corrected chi connectivity index (χ4v) is 2.84. The summed E-state index contributed by atoms with van der Waals surface area (Å²) in [5.41, 5.74) is 4.25. The molecular formula is C17H14Cl2N2O2. The van der Waals surface area contributed by atoms with Gasteiger partial charge in [-0.05, 0) is 30.7 Å². The van der Waals surface area contributed by atoms with Gasteiger partial charge in [-0.15, -0.1) is 0 Å². The minimum Gasteiger partial charge on any atom is -0.481 e. The van der Waals surface area contributed by atoms with Crippen molar-refractivity contribution in [3.05, 3.63) is 57.8 Å². The van der Waals surface area contributed by atoms with Gasteiger partial charge >= 0.3 is 5.97 Å². The zero-order valence-electron chi connectivity index (χ0n) is 12.4. The van der Waals surface area contributed by atoms with Gasteiger partial charge in [-0.1, -0.05) is 35.3 Å². The van der Waals surface area contributed by atoms with Crippen molar-refractivity contribution in [2.75, 3.05) is 0 Å². The smallest absolute Gasteiger partial charge is 0.303 e. The van der Waals surface area contributed by atoms with Gasteiger partial charge in [0.15, 0.2) is 0 Å². The average molecular weight is 349 g/mol.